The maximum absolute atomic E-state index is 14.0. The summed E-state index contributed by atoms with van der Waals surface area (Å²) in [5, 5.41) is 4.62. The van der Waals surface area contributed by atoms with Crippen molar-refractivity contribution < 1.29 is 8.81 Å². The molecule has 0 amide bonds. The zero-order chi connectivity index (χ0) is 14.8. The van der Waals surface area contributed by atoms with E-state index in [0.29, 0.717) is 28.6 Å². The molecule has 21 heavy (non-hydrogen) atoms. The first kappa shape index (κ1) is 14.0. The number of halogens is 2. The van der Waals surface area contributed by atoms with Gasteiger partial charge in [0.2, 0.25) is 0 Å². The number of rotatable bonds is 4. The Kier molecular flexibility index (Phi) is 3.90. The summed E-state index contributed by atoms with van der Waals surface area (Å²) in [4.78, 5) is 4.14. The Labute approximate surface area is 126 Å². The van der Waals surface area contributed by atoms with Crippen molar-refractivity contribution in [3.63, 3.8) is 0 Å². The molecule has 2 aromatic heterocycles. The van der Waals surface area contributed by atoms with Crippen LogP contribution < -0.4 is 5.32 Å². The summed E-state index contributed by atoms with van der Waals surface area (Å²) in [5.41, 5.74) is 0.919. The highest BCUT2D eigenvalue weighted by molar-refractivity contribution is 6.34. The van der Waals surface area contributed by atoms with E-state index in [1.807, 2.05) is 25.1 Å². The highest BCUT2D eigenvalue weighted by atomic mass is 35.5. The summed E-state index contributed by atoms with van der Waals surface area (Å²) in [6.45, 7) is 2.61. The van der Waals surface area contributed by atoms with Crippen LogP contribution in [0, 0.1) is 5.82 Å². The van der Waals surface area contributed by atoms with Crippen molar-refractivity contribution in [1.29, 1.82) is 0 Å². The minimum Gasteiger partial charge on any atom is -0.457 e. The number of aromatic nitrogens is 1. The lowest BCUT2D eigenvalue weighted by Crippen LogP contribution is -2.23. The van der Waals surface area contributed by atoms with Gasteiger partial charge in [0.25, 0.3) is 0 Å². The average Bonchev–Trinajstić information content (AvgIpc) is 2.91. The van der Waals surface area contributed by atoms with E-state index in [9.17, 15) is 4.39 Å². The van der Waals surface area contributed by atoms with E-state index in [2.05, 4.69) is 10.3 Å². The molecule has 0 aliphatic heterocycles. The molecular formula is C16H14ClFN2O. The molecule has 2 heterocycles. The van der Waals surface area contributed by atoms with Gasteiger partial charge in [-0.3, -0.25) is 4.98 Å². The first-order valence-electron chi connectivity index (χ1n) is 6.72. The van der Waals surface area contributed by atoms with Crippen LogP contribution in [0.2, 0.25) is 5.02 Å². The molecule has 0 aliphatic carbocycles. The number of furan rings is 1. The van der Waals surface area contributed by atoms with Gasteiger partial charge in [-0.1, -0.05) is 30.7 Å². The Morgan fingerprint density at radius 3 is 2.90 bits per heavy atom. The summed E-state index contributed by atoms with van der Waals surface area (Å²) in [7, 11) is 0. The lowest BCUT2D eigenvalue weighted by molar-refractivity contribution is 0.454. The Morgan fingerprint density at radius 2 is 2.19 bits per heavy atom. The van der Waals surface area contributed by atoms with Crippen molar-refractivity contribution in [2.75, 3.05) is 6.54 Å². The summed E-state index contributed by atoms with van der Waals surface area (Å²) < 4.78 is 19.8. The van der Waals surface area contributed by atoms with Crippen LogP contribution in [0.1, 0.15) is 24.4 Å². The standard InChI is InChI=1S/C16H14ClFN2O/c1-2-19-15(14-12(18)7-4-8-20-14)13-9-10-5-3-6-11(17)16(10)21-13/h3-9,15,19H,2H2,1H3. The van der Waals surface area contributed by atoms with E-state index in [-0.39, 0.29) is 5.82 Å². The number of hydrogen-bond donors (Lipinski definition) is 1. The zero-order valence-corrected chi connectivity index (χ0v) is 12.2. The third-order valence-electron chi connectivity index (χ3n) is 3.27. The van der Waals surface area contributed by atoms with Crippen molar-refractivity contribution in [2.24, 2.45) is 0 Å². The quantitative estimate of drug-likeness (QED) is 0.780. The first-order valence-corrected chi connectivity index (χ1v) is 7.10. The predicted octanol–water partition coefficient (Wildman–Crippen LogP) is 4.32. The van der Waals surface area contributed by atoms with E-state index in [4.69, 9.17) is 16.0 Å². The van der Waals surface area contributed by atoms with Gasteiger partial charge in [-0.25, -0.2) is 4.39 Å². The Bertz CT molecular complexity index is 772. The summed E-state index contributed by atoms with van der Waals surface area (Å²) >= 11 is 6.13. The first-order chi connectivity index (χ1) is 10.2. The molecule has 0 spiro atoms. The molecule has 0 radical (unpaired) electrons. The SMILES string of the molecule is CCNC(c1cc2cccc(Cl)c2o1)c1ncccc1F. The van der Waals surface area contributed by atoms with Crippen LogP contribution >= 0.6 is 11.6 Å². The smallest absolute Gasteiger partial charge is 0.152 e. The Balaban J connectivity index is 2.11. The average molecular weight is 305 g/mol. The Morgan fingerprint density at radius 1 is 1.33 bits per heavy atom. The lowest BCUT2D eigenvalue weighted by Gasteiger charge is -2.15. The van der Waals surface area contributed by atoms with Crippen molar-refractivity contribution in [2.45, 2.75) is 13.0 Å². The van der Waals surface area contributed by atoms with Crippen LogP contribution in [-0.2, 0) is 0 Å². The van der Waals surface area contributed by atoms with Gasteiger partial charge in [0.15, 0.2) is 5.58 Å². The topological polar surface area (TPSA) is 38.1 Å². The van der Waals surface area contributed by atoms with E-state index in [0.717, 1.165) is 5.39 Å². The zero-order valence-electron chi connectivity index (χ0n) is 11.4. The molecule has 108 valence electrons. The third-order valence-corrected chi connectivity index (χ3v) is 3.57. The summed E-state index contributed by atoms with van der Waals surface area (Å²) in [5.74, 6) is 0.229. The monoisotopic (exact) mass is 304 g/mol. The van der Waals surface area contributed by atoms with E-state index in [1.54, 1.807) is 18.3 Å². The maximum Gasteiger partial charge on any atom is 0.152 e. The number of fused-ring (bicyclic) bond motifs is 1. The summed E-state index contributed by atoms with van der Waals surface area (Å²) in [6, 6.07) is 9.91. The van der Waals surface area contributed by atoms with Gasteiger partial charge >= 0.3 is 0 Å². The molecule has 1 aromatic carbocycles. The molecule has 1 N–H and O–H groups in total. The van der Waals surface area contributed by atoms with Crippen LogP contribution in [0.15, 0.2) is 47.0 Å². The molecule has 3 nitrogen and oxygen atoms in total. The van der Waals surface area contributed by atoms with Gasteiger partial charge in [-0.15, -0.1) is 0 Å². The predicted molar refractivity (Wildman–Crippen MR) is 80.9 cm³/mol. The molecular weight excluding hydrogens is 291 g/mol. The highest BCUT2D eigenvalue weighted by Gasteiger charge is 2.22. The van der Waals surface area contributed by atoms with Crippen molar-refractivity contribution in [1.82, 2.24) is 10.3 Å². The largest absolute Gasteiger partial charge is 0.457 e. The number of para-hydroxylation sites is 1. The van der Waals surface area contributed by atoms with Gasteiger partial charge in [0.05, 0.1) is 5.02 Å². The van der Waals surface area contributed by atoms with E-state index in [1.165, 1.54) is 6.07 Å². The van der Waals surface area contributed by atoms with Gasteiger partial charge in [0.1, 0.15) is 23.3 Å². The number of nitrogens with one attached hydrogen (secondary N) is 1. The van der Waals surface area contributed by atoms with Crippen LogP contribution in [-0.4, -0.2) is 11.5 Å². The summed E-state index contributed by atoms with van der Waals surface area (Å²) in [6.07, 6.45) is 1.57. The molecule has 1 atom stereocenters. The molecule has 5 heteroatoms. The fraction of sp³-hybridized carbons (Fsp3) is 0.188. The number of benzene rings is 1. The third kappa shape index (κ3) is 2.64. The van der Waals surface area contributed by atoms with Crippen molar-refractivity contribution >= 4 is 22.6 Å². The molecule has 3 aromatic rings. The van der Waals surface area contributed by atoms with Gasteiger partial charge in [-0.05, 0) is 30.8 Å². The number of nitrogens with zero attached hydrogens (tertiary/aromatic N) is 1. The van der Waals surface area contributed by atoms with Crippen LogP contribution in [0.3, 0.4) is 0 Å². The molecule has 0 bridgehead atoms. The van der Waals surface area contributed by atoms with E-state index >= 15 is 0 Å². The van der Waals surface area contributed by atoms with Gasteiger partial charge < -0.3 is 9.73 Å². The molecule has 0 fully saturated rings. The molecule has 0 saturated carbocycles. The molecule has 0 saturated heterocycles. The molecule has 3 rings (SSSR count). The highest BCUT2D eigenvalue weighted by Crippen LogP contribution is 2.32. The fourth-order valence-electron chi connectivity index (χ4n) is 2.34. The minimum atomic E-state index is -0.445. The Hall–Kier alpha value is -1.91. The second kappa shape index (κ2) is 5.84. The normalized spacial score (nSPS) is 12.7. The van der Waals surface area contributed by atoms with Gasteiger partial charge in [-0.2, -0.15) is 0 Å². The van der Waals surface area contributed by atoms with E-state index < -0.39 is 6.04 Å². The van der Waals surface area contributed by atoms with Crippen molar-refractivity contribution in [3.8, 4) is 0 Å². The van der Waals surface area contributed by atoms with Crippen LogP contribution in [0.4, 0.5) is 4.39 Å². The second-order valence-electron chi connectivity index (χ2n) is 4.67. The van der Waals surface area contributed by atoms with Gasteiger partial charge in [0, 0.05) is 11.6 Å². The second-order valence-corrected chi connectivity index (χ2v) is 5.08. The van der Waals surface area contributed by atoms with Crippen LogP contribution in [0.25, 0.3) is 11.0 Å². The lowest BCUT2D eigenvalue weighted by atomic mass is 10.1. The molecule has 1 unspecified atom stereocenters. The van der Waals surface area contributed by atoms with Crippen LogP contribution in [0.5, 0.6) is 0 Å². The molecule has 0 aliphatic rings. The van der Waals surface area contributed by atoms with Crippen molar-refractivity contribution in [3.05, 3.63) is 64.9 Å². The number of hydrogen-bond acceptors (Lipinski definition) is 3. The number of pyridine rings is 1. The fourth-order valence-corrected chi connectivity index (χ4v) is 2.56. The minimum absolute atomic E-state index is 0.314. The maximum atomic E-state index is 14.0.